The Kier molecular flexibility index (Phi) is 4.63. The van der Waals surface area contributed by atoms with E-state index in [-0.39, 0.29) is 39.0 Å². The number of Topliss-reactive ketones (excluding diaryl/α,β-unsaturated/α-hetero) is 2. The summed E-state index contributed by atoms with van der Waals surface area (Å²) in [6.45, 7) is 1.32. The molecule has 0 aliphatic rings. The van der Waals surface area contributed by atoms with E-state index >= 15 is 0 Å². The Hall–Kier alpha value is -0.796. The Morgan fingerprint density at radius 1 is 1.50 bits per heavy atom. The van der Waals surface area contributed by atoms with Gasteiger partial charge in [-0.25, -0.2) is 0 Å². The summed E-state index contributed by atoms with van der Waals surface area (Å²) in [5, 5.41) is 0. The number of furan rings is 1. The Morgan fingerprint density at radius 2 is 2.17 bits per heavy atom. The SMILES string of the molecule is CC(=O)[CH-]C(=O)c1ccco1.[Ti]. The molecule has 0 unspecified atom stereocenters. The molecule has 0 fully saturated rings. The summed E-state index contributed by atoms with van der Waals surface area (Å²) in [6, 6.07) is 3.11. The molecule has 1 aromatic rings. The van der Waals surface area contributed by atoms with Gasteiger partial charge in [-0.1, -0.05) is 6.07 Å². The Balaban J connectivity index is 0.00000121. The third-order valence-corrected chi connectivity index (χ3v) is 1.10. The number of carbonyl (C=O) groups excluding carboxylic acids is 2. The number of hydrogen-bond acceptors (Lipinski definition) is 3. The fraction of sp³-hybridized carbons (Fsp3) is 0.125. The first-order valence-corrected chi connectivity index (χ1v) is 3.13. The van der Waals surface area contributed by atoms with E-state index in [0.29, 0.717) is 0 Å². The van der Waals surface area contributed by atoms with E-state index < -0.39 is 0 Å². The maximum Gasteiger partial charge on any atom is 0.0769 e. The summed E-state index contributed by atoms with van der Waals surface area (Å²) in [7, 11) is 0. The van der Waals surface area contributed by atoms with Gasteiger partial charge in [0.15, 0.2) is 0 Å². The van der Waals surface area contributed by atoms with Crippen molar-refractivity contribution in [2.75, 3.05) is 0 Å². The van der Waals surface area contributed by atoms with Crippen molar-refractivity contribution < 1.29 is 35.7 Å². The number of hydrogen-bond donors (Lipinski definition) is 0. The summed E-state index contributed by atoms with van der Waals surface area (Å²) < 4.78 is 4.76. The average Bonchev–Trinajstić information content (AvgIpc) is 2.35. The van der Waals surface area contributed by atoms with Crippen LogP contribution in [0.2, 0.25) is 0 Å². The van der Waals surface area contributed by atoms with Crippen LogP contribution in [0.3, 0.4) is 0 Å². The number of rotatable bonds is 3. The largest absolute Gasteiger partial charge is 0.548 e. The van der Waals surface area contributed by atoms with Gasteiger partial charge >= 0.3 is 0 Å². The molecule has 0 aromatic carbocycles. The second-order valence-electron chi connectivity index (χ2n) is 2.10. The average molecular weight is 199 g/mol. The third-order valence-electron chi connectivity index (χ3n) is 1.10. The molecule has 0 saturated heterocycles. The van der Waals surface area contributed by atoms with E-state index in [1.165, 1.54) is 19.3 Å². The molecule has 0 aliphatic heterocycles. The van der Waals surface area contributed by atoms with Gasteiger partial charge in [-0.15, -0.1) is 6.42 Å². The maximum atomic E-state index is 10.9. The Bertz CT molecular complexity index is 264. The van der Waals surface area contributed by atoms with Gasteiger partial charge in [0.05, 0.1) is 17.8 Å². The molecule has 4 heteroatoms. The summed E-state index contributed by atoms with van der Waals surface area (Å²) >= 11 is 0. The van der Waals surface area contributed by atoms with Crippen LogP contribution in [0, 0.1) is 6.42 Å². The fourth-order valence-electron chi connectivity index (χ4n) is 0.675. The number of ketones is 2. The quantitative estimate of drug-likeness (QED) is 0.318. The van der Waals surface area contributed by atoms with E-state index in [1.807, 2.05) is 0 Å². The van der Waals surface area contributed by atoms with E-state index in [4.69, 9.17) is 4.42 Å². The van der Waals surface area contributed by atoms with Crippen molar-refractivity contribution in [3.8, 4) is 0 Å². The van der Waals surface area contributed by atoms with Crippen molar-refractivity contribution in [3.63, 3.8) is 0 Å². The Labute approximate surface area is 85.0 Å². The normalized spacial score (nSPS) is 8.42. The molecule has 1 aromatic heterocycles. The summed E-state index contributed by atoms with van der Waals surface area (Å²) in [6.07, 6.45) is 2.39. The van der Waals surface area contributed by atoms with E-state index in [2.05, 4.69) is 0 Å². The van der Waals surface area contributed by atoms with E-state index in [9.17, 15) is 9.59 Å². The minimum absolute atomic E-state index is 0. The molecule has 0 amide bonds. The standard InChI is InChI=1S/C8H7O3.Ti/c1-6(9)5-7(10)8-3-2-4-11-8;/h2-5H,1H3;/q-1;. The van der Waals surface area contributed by atoms with Gasteiger partial charge in [-0.2, -0.15) is 0 Å². The van der Waals surface area contributed by atoms with Crippen LogP contribution in [0.4, 0.5) is 0 Å². The second-order valence-corrected chi connectivity index (χ2v) is 2.10. The molecule has 0 radical (unpaired) electrons. The topological polar surface area (TPSA) is 47.3 Å². The van der Waals surface area contributed by atoms with Gasteiger partial charge in [0.25, 0.3) is 0 Å². The number of carbonyl (C=O) groups is 2. The second kappa shape index (κ2) is 4.96. The minimum Gasteiger partial charge on any atom is -0.548 e. The summed E-state index contributed by atoms with van der Waals surface area (Å²) in [5.41, 5.74) is 0. The van der Waals surface area contributed by atoms with Crippen LogP contribution in [0.5, 0.6) is 0 Å². The molecule has 0 spiro atoms. The van der Waals surface area contributed by atoms with Gasteiger partial charge in [0, 0.05) is 27.5 Å². The predicted molar refractivity (Wildman–Crippen MR) is 38.0 cm³/mol. The van der Waals surface area contributed by atoms with E-state index in [0.717, 1.165) is 6.42 Å². The van der Waals surface area contributed by atoms with Crippen molar-refractivity contribution in [3.05, 3.63) is 30.6 Å². The first kappa shape index (κ1) is 11.2. The smallest absolute Gasteiger partial charge is 0.0769 e. The minimum atomic E-state index is -0.387. The zero-order valence-corrected chi connectivity index (χ0v) is 8.10. The molecule has 1 rings (SSSR count). The maximum absolute atomic E-state index is 10.9. The van der Waals surface area contributed by atoms with Crippen LogP contribution in [0.25, 0.3) is 0 Å². The summed E-state index contributed by atoms with van der Waals surface area (Å²) in [4.78, 5) is 21.4. The van der Waals surface area contributed by atoms with Crippen LogP contribution in [0.15, 0.2) is 22.8 Å². The predicted octanol–water partition coefficient (Wildman–Crippen LogP) is 1.25. The molecular weight excluding hydrogens is 192 g/mol. The third kappa shape index (κ3) is 3.07. The van der Waals surface area contributed by atoms with Crippen LogP contribution in [-0.4, -0.2) is 11.6 Å². The molecule has 1 heterocycles. The molecule has 3 nitrogen and oxygen atoms in total. The Morgan fingerprint density at radius 3 is 2.58 bits per heavy atom. The van der Waals surface area contributed by atoms with E-state index in [1.54, 1.807) is 6.07 Å². The van der Waals surface area contributed by atoms with Crippen LogP contribution < -0.4 is 0 Å². The first-order valence-electron chi connectivity index (χ1n) is 3.13. The van der Waals surface area contributed by atoms with Gasteiger partial charge in [0.1, 0.15) is 0 Å². The van der Waals surface area contributed by atoms with Crippen molar-refractivity contribution in [2.45, 2.75) is 6.92 Å². The molecule has 62 valence electrons. The van der Waals surface area contributed by atoms with Gasteiger partial charge in [-0.3, -0.25) is 0 Å². The molecule has 0 atom stereocenters. The molecule has 0 bridgehead atoms. The van der Waals surface area contributed by atoms with Crippen LogP contribution in [0.1, 0.15) is 17.5 Å². The van der Waals surface area contributed by atoms with Gasteiger partial charge in [-0.05, 0) is 13.0 Å². The van der Waals surface area contributed by atoms with Crippen LogP contribution in [-0.2, 0) is 26.5 Å². The zero-order chi connectivity index (χ0) is 8.27. The molecule has 0 N–H and O–H groups in total. The van der Waals surface area contributed by atoms with Gasteiger partial charge < -0.3 is 14.0 Å². The zero-order valence-electron chi connectivity index (χ0n) is 6.53. The molecule has 0 saturated carbocycles. The first-order chi connectivity index (χ1) is 5.20. The molecular formula is C8H7O3Ti-. The van der Waals surface area contributed by atoms with Crippen molar-refractivity contribution in [2.24, 2.45) is 0 Å². The fourth-order valence-corrected chi connectivity index (χ4v) is 0.675. The van der Waals surface area contributed by atoms with Crippen molar-refractivity contribution in [1.82, 2.24) is 0 Å². The van der Waals surface area contributed by atoms with Gasteiger partial charge in [0.2, 0.25) is 0 Å². The molecule has 0 aliphatic carbocycles. The van der Waals surface area contributed by atoms with Crippen LogP contribution >= 0.6 is 0 Å². The van der Waals surface area contributed by atoms with Crippen molar-refractivity contribution >= 4 is 11.6 Å². The summed E-state index contributed by atoms with van der Waals surface area (Å²) in [5.74, 6) is -0.464. The van der Waals surface area contributed by atoms with Crippen molar-refractivity contribution in [1.29, 1.82) is 0 Å². The molecule has 12 heavy (non-hydrogen) atoms. The monoisotopic (exact) mass is 199 g/mol.